The van der Waals surface area contributed by atoms with E-state index in [0.717, 1.165) is 18.1 Å². The van der Waals surface area contributed by atoms with Gasteiger partial charge < -0.3 is 14.9 Å². The highest BCUT2D eigenvalue weighted by atomic mass is 32.2. The largest absolute Gasteiger partial charge is 0.394 e. The Balaban J connectivity index is 2.33. The summed E-state index contributed by atoms with van der Waals surface area (Å²) in [5, 5.41) is 17.9. The van der Waals surface area contributed by atoms with Gasteiger partial charge in [-0.25, -0.2) is 13.2 Å². The molecule has 0 bridgehead atoms. The highest BCUT2D eigenvalue weighted by molar-refractivity contribution is 7.92. The third-order valence-electron chi connectivity index (χ3n) is 4.07. The highest BCUT2D eigenvalue weighted by Gasteiger charge is 2.57. The lowest BCUT2D eigenvalue weighted by Gasteiger charge is -2.41. The van der Waals surface area contributed by atoms with Crippen molar-refractivity contribution in [2.24, 2.45) is 0 Å². The van der Waals surface area contributed by atoms with E-state index >= 15 is 0 Å². The van der Waals surface area contributed by atoms with Crippen LogP contribution >= 0.6 is 0 Å². The fourth-order valence-electron chi connectivity index (χ4n) is 2.44. The zero-order valence-electron chi connectivity index (χ0n) is 12.0. The minimum atomic E-state index is -4.02. The predicted octanol–water partition coefficient (Wildman–Crippen LogP) is -1.59. The van der Waals surface area contributed by atoms with E-state index in [9.17, 15) is 27.6 Å². The molecule has 2 saturated heterocycles. The summed E-state index contributed by atoms with van der Waals surface area (Å²) >= 11 is 0. The van der Waals surface area contributed by atoms with Gasteiger partial charge in [-0.2, -0.15) is 0 Å². The van der Waals surface area contributed by atoms with E-state index < -0.39 is 63.2 Å². The Morgan fingerprint density at radius 2 is 2.05 bits per heavy atom. The highest BCUT2D eigenvalue weighted by Crippen LogP contribution is 2.32. The second-order valence-corrected chi connectivity index (χ2v) is 8.06. The first kappa shape index (κ1) is 17.1. The maximum atomic E-state index is 13.8. The lowest BCUT2D eigenvalue weighted by Crippen LogP contribution is -2.66. The number of hydrogen-bond acceptors (Lipinski definition) is 7. The van der Waals surface area contributed by atoms with Crippen LogP contribution in [0, 0.1) is 0 Å². The lowest BCUT2D eigenvalue weighted by molar-refractivity contribution is -0.152. The van der Waals surface area contributed by atoms with Gasteiger partial charge in [0, 0.05) is 12.7 Å². The number of amides is 3. The maximum absolute atomic E-state index is 13.8. The Hall–Kier alpha value is -1.30. The van der Waals surface area contributed by atoms with Gasteiger partial charge in [-0.05, 0) is 6.92 Å². The fraction of sp³-hybridized carbons (Fsp3) is 0.818. The average molecular weight is 340 g/mol. The van der Waals surface area contributed by atoms with Crippen molar-refractivity contribution in [3.8, 4) is 0 Å². The summed E-state index contributed by atoms with van der Waals surface area (Å²) in [4.78, 5) is 24.5. The second-order valence-electron chi connectivity index (χ2n) is 5.61. The lowest BCUT2D eigenvalue weighted by atomic mass is 10.1. The van der Waals surface area contributed by atoms with Gasteiger partial charge in [0.15, 0.2) is 14.6 Å². The van der Waals surface area contributed by atoms with Crippen LogP contribution in [-0.4, -0.2) is 83.2 Å². The maximum Gasteiger partial charge on any atom is 0.357 e. The van der Waals surface area contributed by atoms with Gasteiger partial charge in [0.25, 0.3) is 5.91 Å². The van der Waals surface area contributed by atoms with E-state index in [-0.39, 0.29) is 6.42 Å². The fourth-order valence-corrected chi connectivity index (χ4v) is 3.21. The molecule has 2 aliphatic rings. The smallest absolute Gasteiger partial charge is 0.357 e. The third-order valence-corrected chi connectivity index (χ3v) is 6.01. The molecule has 11 heteroatoms. The molecule has 0 aromatic carbocycles. The summed E-state index contributed by atoms with van der Waals surface area (Å²) in [6.07, 6.45) is -2.54. The number of nitrogens with zero attached hydrogens (tertiary/aromatic N) is 2. The molecular weight excluding hydrogens is 323 g/mol. The summed E-state index contributed by atoms with van der Waals surface area (Å²) < 4.78 is 40.6. The number of carbonyl (C=O) groups is 2. The summed E-state index contributed by atoms with van der Waals surface area (Å²) in [6.45, 7) is -0.0909. The molecule has 0 aromatic heterocycles. The Morgan fingerprint density at radius 3 is 2.50 bits per heavy atom. The van der Waals surface area contributed by atoms with E-state index in [0.29, 0.717) is 0 Å². The third kappa shape index (κ3) is 2.47. The monoisotopic (exact) mass is 340 g/mol. The van der Waals surface area contributed by atoms with Crippen molar-refractivity contribution in [2.75, 3.05) is 19.4 Å². The van der Waals surface area contributed by atoms with E-state index in [1.807, 2.05) is 0 Å². The van der Waals surface area contributed by atoms with Crippen LogP contribution < -0.4 is 0 Å². The van der Waals surface area contributed by atoms with Gasteiger partial charge in [-0.15, -0.1) is 0 Å². The van der Waals surface area contributed by atoms with Gasteiger partial charge in [-0.3, -0.25) is 9.69 Å². The number of aliphatic hydroxyl groups is 2. The summed E-state index contributed by atoms with van der Waals surface area (Å²) in [5.74, 6) is -1.46. The molecule has 0 spiro atoms. The Labute approximate surface area is 126 Å². The van der Waals surface area contributed by atoms with Crippen LogP contribution in [-0.2, 0) is 19.4 Å². The second kappa shape index (κ2) is 5.41. The molecular formula is C11H17FN2O7S. The Bertz CT molecular complexity index is 597. The van der Waals surface area contributed by atoms with Crippen LogP contribution in [0.4, 0.5) is 9.28 Å². The van der Waals surface area contributed by atoms with Crippen molar-refractivity contribution in [1.29, 1.82) is 0 Å². The molecule has 126 valence electrons. The molecule has 0 saturated carbocycles. The van der Waals surface area contributed by atoms with Crippen molar-refractivity contribution in [3.05, 3.63) is 0 Å². The number of halogens is 1. The zero-order valence-corrected chi connectivity index (χ0v) is 12.8. The standard InChI is InChI=1S/C11H17FN2O7S/c1-11(22(2,19)20)5-13(10(18)14(12)9(11)17)8-3-6(16)7(4-15)21-8/h6-8,15-16H,3-5H2,1-2H3/t6-,7+,8+,11?/m0/s1. The van der Waals surface area contributed by atoms with Gasteiger partial charge in [-0.1, -0.05) is 9.60 Å². The number of imide groups is 1. The van der Waals surface area contributed by atoms with Gasteiger partial charge in [0.2, 0.25) is 0 Å². The van der Waals surface area contributed by atoms with Crippen molar-refractivity contribution >= 4 is 21.8 Å². The van der Waals surface area contributed by atoms with Gasteiger partial charge in [0.05, 0.1) is 19.3 Å². The van der Waals surface area contributed by atoms with Crippen molar-refractivity contribution < 1.29 is 37.4 Å². The number of sulfone groups is 1. The number of hydrogen-bond donors (Lipinski definition) is 2. The number of carbonyl (C=O) groups excluding carboxylic acids is 2. The quantitative estimate of drug-likeness (QED) is 0.593. The molecule has 1 unspecified atom stereocenters. The molecule has 0 aromatic rings. The van der Waals surface area contributed by atoms with Crippen molar-refractivity contribution in [2.45, 2.75) is 36.5 Å². The first-order chi connectivity index (χ1) is 10.0. The van der Waals surface area contributed by atoms with Crippen molar-refractivity contribution in [1.82, 2.24) is 10.0 Å². The normalized spacial score (nSPS) is 37.0. The summed E-state index contributed by atoms with van der Waals surface area (Å²) in [5.41, 5.74) is 0. The molecule has 3 amide bonds. The van der Waals surface area contributed by atoms with E-state index in [4.69, 9.17) is 9.84 Å². The molecule has 22 heavy (non-hydrogen) atoms. The summed E-state index contributed by atoms with van der Waals surface area (Å²) in [7, 11) is -4.02. The van der Waals surface area contributed by atoms with E-state index in [1.165, 1.54) is 0 Å². The van der Waals surface area contributed by atoms with Gasteiger partial charge >= 0.3 is 6.03 Å². The first-order valence-corrected chi connectivity index (χ1v) is 8.37. The summed E-state index contributed by atoms with van der Waals surface area (Å²) in [6, 6.07) is -1.36. The molecule has 2 aliphatic heterocycles. The SMILES string of the molecule is CC1(S(C)(=O)=O)CN([C@H]2C[C@H](O)[C@@H](CO)O2)C(=O)N(F)C1=O. The van der Waals surface area contributed by atoms with E-state index in [2.05, 4.69) is 0 Å². The molecule has 2 heterocycles. The topological polar surface area (TPSA) is 124 Å². The van der Waals surface area contributed by atoms with Crippen molar-refractivity contribution in [3.63, 3.8) is 0 Å². The van der Waals surface area contributed by atoms with Crippen LogP contribution in [0.2, 0.25) is 0 Å². The minimum absolute atomic E-state index is 0.126. The molecule has 2 rings (SSSR count). The molecule has 2 fully saturated rings. The van der Waals surface area contributed by atoms with Crippen LogP contribution in [0.3, 0.4) is 0 Å². The van der Waals surface area contributed by atoms with E-state index in [1.54, 1.807) is 0 Å². The number of rotatable bonds is 3. The molecule has 4 atom stereocenters. The number of ether oxygens (including phenoxy) is 1. The van der Waals surface area contributed by atoms with Crippen LogP contribution in [0.1, 0.15) is 13.3 Å². The zero-order chi connectivity index (χ0) is 16.9. The molecule has 0 radical (unpaired) electrons. The molecule has 9 nitrogen and oxygen atoms in total. The Morgan fingerprint density at radius 1 is 1.45 bits per heavy atom. The number of urea groups is 1. The van der Waals surface area contributed by atoms with Crippen LogP contribution in [0.15, 0.2) is 0 Å². The molecule has 2 N–H and O–H groups in total. The number of aliphatic hydroxyl groups excluding tert-OH is 2. The van der Waals surface area contributed by atoms with Gasteiger partial charge in [0.1, 0.15) is 12.3 Å². The molecule has 0 aliphatic carbocycles. The Kier molecular flexibility index (Phi) is 4.19. The first-order valence-electron chi connectivity index (χ1n) is 6.48. The van der Waals surface area contributed by atoms with Crippen LogP contribution in [0.25, 0.3) is 0 Å². The van der Waals surface area contributed by atoms with Crippen LogP contribution in [0.5, 0.6) is 0 Å². The predicted molar refractivity (Wildman–Crippen MR) is 69.7 cm³/mol. The minimum Gasteiger partial charge on any atom is -0.394 e. The average Bonchev–Trinajstić information content (AvgIpc) is 2.80.